The summed E-state index contributed by atoms with van der Waals surface area (Å²) in [6.45, 7) is 6.84. The molecule has 0 bridgehead atoms. The van der Waals surface area contributed by atoms with Gasteiger partial charge in [-0.1, -0.05) is 19.9 Å². The van der Waals surface area contributed by atoms with E-state index in [0.717, 1.165) is 6.42 Å². The summed E-state index contributed by atoms with van der Waals surface area (Å²) in [4.78, 5) is 22.8. The molecule has 1 unspecified atom stereocenters. The highest BCUT2D eigenvalue weighted by molar-refractivity contribution is 5.88. The number of methoxy groups -OCH3 is 1. The number of amides is 1. The highest BCUT2D eigenvalue weighted by atomic mass is 16.5. The zero-order valence-corrected chi connectivity index (χ0v) is 11.7. The van der Waals surface area contributed by atoms with Crippen molar-refractivity contribution in [1.29, 1.82) is 0 Å². The van der Waals surface area contributed by atoms with Gasteiger partial charge in [-0.3, -0.25) is 4.79 Å². The maximum absolute atomic E-state index is 11.6. The molecule has 104 valence electrons. The zero-order chi connectivity index (χ0) is 14.0. The first kappa shape index (κ1) is 16.6. The Kier molecular flexibility index (Phi) is 8.92. The summed E-state index contributed by atoms with van der Waals surface area (Å²) in [6.07, 6.45) is 3.29. The van der Waals surface area contributed by atoms with Crippen LogP contribution < -0.4 is 10.6 Å². The fourth-order valence-corrected chi connectivity index (χ4v) is 1.36. The Labute approximate surface area is 109 Å². The van der Waals surface area contributed by atoms with E-state index in [1.807, 2.05) is 13.8 Å². The Balaban J connectivity index is 4.11. The minimum absolute atomic E-state index is 0.0265. The normalized spacial score (nSPS) is 13.0. The van der Waals surface area contributed by atoms with Crippen LogP contribution in [0.4, 0.5) is 0 Å². The molecule has 5 nitrogen and oxygen atoms in total. The molecular formula is C13H24N2O3. The van der Waals surface area contributed by atoms with E-state index in [-0.39, 0.29) is 17.9 Å². The van der Waals surface area contributed by atoms with E-state index in [1.54, 1.807) is 13.0 Å². The van der Waals surface area contributed by atoms with Crippen molar-refractivity contribution >= 4 is 11.9 Å². The van der Waals surface area contributed by atoms with Gasteiger partial charge in [-0.2, -0.15) is 0 Å². The number of carbonyl (C=O) groups excluding carboxylic acids is 2. The molecule has 2 N–H and O–H groups in total. The van der Waals surface area contributed by atoms with Crippen molar-refractivity contribution in [3.05, 3.63) is 11.6 Å². The topological polar surface area (TPSA) is 67.4 Å². The molecule has 0 aromatic heterocycles. The number of esters is 1. The highest BCUT2D eigenvalue weighted by Crippen LogP contribution is 2.01. The molecular weight excluding hydrogens is 232 g/mol. The van der Waals surface area contributed by atoms with E-state index >= 15 is 0 Å². The van der Waals surface area contributed by atoms with Crippen molar-refractivity contribution in [3.8, 4) is 0 Å². The fraction of sp³-hybridized carbons (Fsp3) is 0.692. The second kappa shape index (κ2) is 9.65. The lowest BCUT2D eigenvalue weighted by atomic mass is 10.2. The number of ether oxygens (including phenoxy) is 1. The number of nitrogens with one attached hydrogen (secondary N) is 2. The van der Waals surface area contributed by atoms with Gasteiger partial charge in [0.1, 0.15) is 0 Å². The van der Waals surface area contributed by atoms with Gasteiger partial charge in [-0.25, -0.2) is 4.79 Å². The number of hydrogen-bond donors (Lipinski definition) is 2. The van der Waals surface area contributed by atoms with Crippen LogP contribution >= 0.6 is 0 Å². The van der Waals surface area contributed by atoms with Crippen molar-refractivity contribution < 1.29 is 14.3 Å². The second-order valence-corrected chi connectivity index (χ2v) is 4.00. The summed E-state index contributed by atoms with van der Waals surface area (Å²) in [5.74, 6) is -0.344. The summed E-state index contributed by atoms with van der Waals surface area (Å²) in [5.41, 5.74) is 0.617. The Bertz CT molecular complexity index is 301. The molecule has 18 heavy (non-hydrogen) atoms. The Morgan fingerprint density at radius 2 is 2.00 bits per heavy atom. The minimum atomic E-state index is -0.317. The van der Waals surface area contributed by atoms with Gasteiger partial charge in [0.2, 0.25) is 5.91 Å². The summed E-state index contributed by atoms with van der Waals surface area (Å²) in [6, 6.07) is -0.274. The first-order valence-electron chi connectivity index (χ1n) is 6.35. The molecule has 0 rings (SSSR count). The minimum Gasteiger partial charge on any atom is -0.466 e. The molecule has 0 heterocycles. The smallest absolute Gasteiger partial charge is 0.333 e. The van der Waals surface area contributed by atoms with E-state index < -0.39 is 0 Å². The fourth-order valence-electron chi connectivity index (χ4n) is 1.36. The third-order valence-electron chi connectivity index (χ3n) is 2.54. The predicted molar refractivity (Wildman–Crippen MR) is 71.2 cm³/mol. The third kappa shape index (κ3) is 6.39. The van der Waals surface area contributed by atoms with Crippen LogP contribution in [0, 0.1) is 0 Å². The Hall–Kier alpha value is -1.36. The predicted octanol–water partition coefficient (Wildman–Crippen LogP) is 1.00. The van der Waals surface area contributed by atoms with E-state index in [9.17, 15) is 9.59 Å². The first-order valence-corrected chi connectivity index (χ1v) is 6.35. The van der Waals surface area contributed by atoms with Crippen molar-refractivity contribution in [2.75, 3.05) is 20.2 Å². The van der Waals surface area contributed by atoms with Gasteiger partial charge in [0.05, 0.1) is 13.2 Å². The lowest BCUT2D eigenvalue weighted by Gasteiger charge is -2.12. The molecule has 0 aliphatic heterocycles. The Morgan fingerprint density at radius 3 is 2.50 bits per heavy atom. The molecule has 0 aliphatic rings. The van der Waals surface area contributed by atoms with Gasteiger partial charge in [-0.15, -0.1) is 0 Å². The lowest BCUT2D eigenvalue weighted by molar-refractivity contribution is -0.136. The van der Waals surface area contributed by atoms with Gasteiger partial charge < -0.3 is 15.4 Å². The van der Waals surface area contributed by atoms with Crippen LogP contribution in [0.15, 0.2) is 11.6 Å². The quantitative estimate of drug-likeness (QED) is 0.502. The maximum Gasteiger partial charge on any atom is 0.333 e. The number of rotatable bonds is 8. The molecule has 0 aliphatic carbocycles. The SMILES string of the molecule is CCCNC(=O)C(C)NC/C=C(/CC)C(=O)OC. The van der Waals surface area contributed by atoms with Gasteiger partial charge in [-0.05, 0) is 19.8 Å². The zero-order valence-electron chi connectivity index (χ0n) is 11.7. The van der Waals surface area contributed by atoms with Crippen LogP contribution in [0.1, 0.15) is 33.6 Å². The monoisotopic (exact) mass is 256 g/mol. The van der Waals surface area contributed by atoms with Crippen LogP contribution in [0.3, 0.4) is 0 Å². The van der Waals surface area contributed by atoms with Crippen LogP contribution in [-0.4, -0.2) is 38.1 Å². The van der Waals surface area contributed by atoms with Gasteiger partial charge in [0.15, 0.2) is 0 Å². The Morgan fingerprint density at radius 1 is 1.33 bits per heavy atom. The molecule has 1 atom stereocenters. The average Bonchev–Trinajstić information content (AvgIpc) is 2.39. The standard InChI is InChI=1S/C13H24N2O3/c1-5-8-15-12(16)10(3)14-9-7-11(6-2)13(17)18-4/h7,10,14H,5-6,8-9H2,1-4H3,(H,15,16)/b11-7-. The molecule has 0 aromatic carbocycles. The molecule has 0 aromatic rings. The number of carbonyl (C=O) groups is 2. The van der Waals surface area contributed by atoms with Crippen LogP contribution in [-0.2, 0) is 14.3 Å². The third-order valence-corrected chi connectivity index (χ3v) is 2.54. The van der Waals surface area contributed by atoms with Crippen molar-refractivity contribution in [2.45, 2.75) is 39.7 Å². The second-order valence-electron chi connectivity index (χ2n) is 4.00. The summed E-state index contributed by atoms with van der Waals surface area (Å²) >= 11 is 0. The lowest BCUT2D eigenvalue weighted by Crippen LogP contribution is -2.42. The van der Waals surface area contributed by atoms with E-state index in [0.29, 0.717) is 25.1 Å². The number of hydrogen-bond acceptors (Lipinski definition) is 4. The summed E-state index contributed by atoms with van der Waals surface area (Å²) < 4.78 is 4.65. The van der Waals surface area contributed by atoms with Crippen molar-refractivity contribution in [1.82, 2.24) is 10.6 Å². The van der Waals surface area contributed by atoms with Gasteiger partial charge in [0.25, 0.3) is 0 Å². The average molecular weight is 256 g/mol. The van der Waals surface area contributed by atoms with Gasteiger partial charge >= 0.3 is 5.97 Å². The van der Waals surface area contributed by atoms with E-state index in [1.165, 1.54) is 7.11 Å². The summed E-state index contributed by atoms with van der Waals surface area (Å²) in [7, 11) is 1.36. The van der Waals surface area contributed by atoms with Crippen LogP contribution in [0.2, 0.25) is 0 Å². The molecule has 1 amide bonds. The van der Waals surface area contributed by atoms with Crippen molar-refractivity contribution in [3.63, 3.8) is 0 Å². The first-order chi connectivity index (χ1) is 8.56. The largest absolute Gasteiger partial charge is 0.466 e. The van der Waals surface area contributed by atoms with Gasteiger partial charge in [0, 0.05) is 18.7 Å². The van der Waals surface area contributed by atoms with E-state index in [4.69, 9.17) is 0 Å². The van der Waals surface area contributed by atoms with Crippen LogP contribution in [0.25, 0.3) is 0 Å². The summed E-state index contributed by atoms with van der Waals surface area (Å²) in [5, 5.41) is 5.84. The van der Waals surface area contributed by atoms with E-state index in [2.05, 4.69) is 15.4 Å². The molecule has 0 saturated heterocycles. The molecule has 0 fully saturated rings. The molecule has 0 spiro atoms. The molecule has 0 saturated carbocycles. The maximum atomic E-state index is 11.6. The molecule has 0 radical (unpaired) electrons. The van der Waals surface area contributed by atoms with Crippen LogP contribution in [0.5, 0.6) is 0 Å². The van der Waals surface area contributed by atoms with Crippen molar-refractivity contribution in [2.24, 2.45) is 0 Å². The highest BCUT2D eigenvalue weighted by Gasteiger charge is 2.11. The molecule has 5 heteroatoms.